The van der Waals surface area contributed by atoms with Crippen LogP contribution in [-0.4, -0.2) is 22.9 Å². The van der Waals surface area contributed by atoms with Crippen LogP contribution in [0.15, 0.2) is 29.2 Å². The first kappa shape index (κ1) is 13.9. The molecule has 0 bridgehead atoms. The first-order chi connectivity index (χ1) is 9.43. The lowest BCUT2D eigenvalue weighted by molar-refractivity contribution is 0.0590. The summed E-state index contributed by atoms with van der Waals surface area (Å²) in [5.41, 5.74) is 0.721. The summed E-state index contributed by atoms with van der Waals surface area (Å²) < 4.78 is 19.2. The fourth-order valence-electron chi connectivity index (χ4n) is 1.79. The Bertz CT molecular complexity index is 738. The van der Waals surface area contributed by atoms with Crippen molar-refractivity contribution in [1.82, 2.24) is 9.78 Å². The summed E-state index contributed by atoms with van der Waals surface area (Å²) in [6.45, 7) is 3.34. The number of carbonyl (C=O) groups is 1. The number of halogens is 1. The molecule has 20 heavy (non-hydrogen) atoms. The molecule has 6 heteroatoms. The van der Waals surface area contributed by atoms with Gasteiger partial charge in [-0.2, -0.15) is 5.10 Å². The van der Waals surface area contributed by atoms with E-state index in [9.17, 15) is 14.0 Å². The molecule has 0 unspecified atom stereocenters. The van der Waals surface area contributed by atoms with Crippen LogP contribution in [0.1, 0.15) is 21.6 Å². The van der Waals surface area contributed by atoms with E-state index in [1.807, 2.05) is 0 Å². The van der Waals surface area contributed by atoms with E-state index < -0.39 is 17.2 Å². The monoisotopic (exact) mass is 276 g/mol. The first-order valence-corrected chi connectivity index (χ1v) is 5.89. The smallest absolute Gasteiger partial charge is 0.362 e. The number of carbonyl (C=O) groups excluding carboxylic acids is 1. The highest BCUT2D eigenvalue weighted by atomic mass is 19.1. The maximum absolute atomic E-state index is 13.3. The second kappa shape index (κ2) is 5.24. The maximum Gasteiger partial charge on any atom is 0.362 e. The Kier molecular flexibility index (Phi) is 3.65. The van der Waals surface area contributed by atoms with Gasteiger partial charge in [0.05, 0.1) is 12.8 Å². The molecule has 0 N–H and O–H groups in total. The molecule has 0 saturated heterocycles. The summed E-state index contributed by atoms with van der Waals surface area (Å²) in [4.78, 5) is 23.4. The van der Waals surface area contributed by atoms with Crippen LogP contribution in [0.2, 0.25) is 0 Å². The molecule has 1 heterocycles. The molecular weight excluding hydrogens is 263 g/mol. The minimum absolute atomic E-state index is 0.323. The molecule has 2 aromatic rings. The van der Waals surface area contributed by atoms with Gasteiger partial charge in [0.2, 0.25) is 11.1 Å². The van der Waals surface area contributed by atoms with Gasteiger partial charge in [0.1, 0.15) is 5.82 Å². The van der Waals surface area contributed by atoms with Crippen LogP contribution in [0, 0.1) is 19.7 Å². The number of nitrogens with zero attached hydrogens (tertiary/aromatic N) is 2. The van der Waals surface area contributed by atoms with Crippen molar-refractivity contribution in [1.29, 1.82) is 0 Å². The van der Waals surface area contributed by atoms with Crippen molar-refractivity contribution in [3.8, 4) is 5.69 Å². The van der Waals surface area contributed by atoms with Gasteiger partial charge in [-0.15, -0.1) is 0 Å². The second-order valence-electron chi connectivity index (χ2n) is 4.36. The van der Waals surface area contributed by atoms with Gasteiger partial charge in [0, 0.05) is 11.8 Å². The van der Waals surface area contributed by atoms with Crippen LogP contribution in [0.3, 0.4) is 0 Å². The van der Waals surface area contributed by atoms with E-state index in [0.29, 0.717) is 11.3 Å². The van der Waals surface area contributed by atoms with Crippen LogP contribution >= 0.6 is 0 Å². The van der Waals surface area contributed by atoms with Crippen LogP contribution in [0.4, 0.5) is 4.39 Å². The van der Waals surface area contributed by atoms with Crippen LogP contribution < -0.4 is 5.43 Å². The van der Waals surface area contributed by atoms with E-state index >= 15 is 0 Å². The number of aromatic nitrogens is 2. The minimum Gasteiger partial charge on any atom is -0.464 e. The molecule has 0 aliphatic carbocycles. The van der Waals surface area contributed by atoms with Crippen molar-refractivity contribution in [2.75, 3.05) is 7.11 Å². The van der Waals surface area contributed by atoms with E-state index in [4.69, 9.17) is 0 Å². The first-order valence-electron chi connectivity index (χ1n) is 5.89. The zero-order chi connectivity index (χ0) is 14.9. The van der Waals surface area contributed by atoms with Crippen molar-refractivity contribution in [2.24, 2.45) is 0 Å². The largest absolute Gasteiger partial charge is 0.464 e. The second-order valence-corrected chi connectivity index (χ2v) is 4.36. The van der Waals surface area contributed by atoms with Crippen LogP contribution in [0.25, 0.3) is 5.69 Å². The highest BCUT2D eigenvalue weighted by molar-refractivity contribution is 5.87. The summed E-state index contributed by atoms with van der Waals surface area (Å²) in [7, 11) is 1.17. The van der Waals surface area contributed by atoms with E-state index in [-0.39, 0.29) is 5.69 Å². The third-order valence-corrected chi connectivity index (χ3v) is 2.89. The molecule has 0 fully saturated rings. The summed E-state index contributed by atoms with van der Waals surface area (Å²) in [5.74, 6) is -1.25. The van der Waals surface area contributed by atoms with Gasteiger partial charge in [-0.3, -0.25) is 4.79 Å². The number of aryl methyl sites for hydroxylation is 2. The van der Waals surface area contributed by atoms with Crippen molar-refractivity contribution >= 4 is 5.97 Å². The molecule has 0 amide bonds. The quantitative estimate of drug-likeness (QED) is 0.784. The molecule has 104 valence electrons. The molecule has 0 spiro atoms. The molecule has 1 aromatic carbocycles. The lowest BCUT2D eigenvalue weighted by Gasteiger charge is -2.11. The highest BCUT2D eigenvalue weighted by Gasteiger charge is 2.16. The number of benzene rings is 1. The van der Waals surface area contributed by atoms with Crippen molar-refractivity contribution in [3.05, 3.63) is 57.3 Å². The number of esters is 1. The Morgan fingerprint density at radius 2 is 2.00 bits per heavy atom. The molecule has 5 nitrogen and oxygen atoms in total. The van der Waals surface area contributed by atoms with Gasteiger partial charge in [-0.1, -0.05) is 6.07 Å². The average Bonchev–Trinajstić information content (AvgIpc) is 2.43. The topological polar surface area (TPSA) is 61.2 Å². The maximum atomic E-state index is 13.3. The third kappa shape index (κ3) is 2.45. The Balaban J connectivity index is 2.70. The average molecular weight is 276 g/mol. The molecule has 2 rings (SSSR count). The number of hydrogen-bond donors (Lipinski definition) is 0. The van der Waals surface area contributed by atoms with Gasteiger partial charge < -0.3 is 4.74 Å². The zero-order valence-electron chi connectivity index (χ0n) is 11.3. The predicted octanol–water partition coefficient (Wildman–Crippen LogP) is 1.78. The normalized spacial score (nSPS) is 10.4. The van der Waals surface area contributed by atoms with Gasteiger partial charge >= 0.3 is 5.97 Å². The van der Waals surface area contributed by atoms with Crippen LogP contribution in [-0.2, 0) is 4.74 Å². The number of rotatable bonds is 2. The predicted molar refractivity (Wildman–Crippen MR) is 70.6 cm³/mol. The third-order valence-electron chi connectivity index (χ3n) is 2.89. The molecular formula is C14H13FN2O3. The van der Waals surface area contributed by atoms with Crippen molar-refractivity contribution in [3.63, 3.8) is 0 Å². The van der Waals surface area contributed by atoms with E-state index in [1.54, 1.807) is 19.9 Å². The van der Waals surface area contributed by atoms with Crippen molar-refractivity contribution < 1.29 is 13.9 Å². The molecule has 0 saturated carbocycles. The van der Waals surface area contributed by atoms with Crippen molar-refractivity contribution in [2.45, 2.75) is 13.8 Å². The zero-order valence-corrected chi connectivity index (χ0v) is 11.3. The SMILES string of the molecule is COC(=O)c1nn(-c2cc(F)ccc2C)cc(C)c1=O. The summed E-state index contributed by atoms with van der Waals surface area (Å²) >= 11 is 0. The Hall–Kier alpha value is -2.50. The molecule has 1 aromatic heterocycles. The van der Waals surface area contributed by atoms with Gasteiger partial charge in [-0.25, -0.2) is 13.9 Å². The standard InChI is InChI=1S/C14H13FN2O3/c1-8-4-5-10(15)6-11(8)17-7-9(2)13(18)12(16-17)14(19)20-3/h4-7H,1-3H3. The van der Waals surface area contributed by atoms with Gasteiger partial charge in [-0.05, 0) is 31.5 Å². The summed E-state index contributed by atoms with van der Waals surface area (Å²) in [6.07, 6.45) is 1.45. The van der Waals surface area contributed by atoms with Crippen LogP contribution in [0.5, 0.6) is 0 Å². The summed E-state index contributed by atoms with van der Waals surface area (Å²) in [6, 6.07) is 4.21. The Morgan fingerprint density at radius 1 is 1.30 bits per heavy atom. The van der Waals surface area contributed by atoms with E-state index in [2.05, 4.69) is 9.84 Å². The van der Waals surface area contributed by atoms with E-state index in [1.165, 1.54) is 30.1 Å². The Morgan fingerprint density at radius 3 is 2.65 bits per heavy atom. The number of hydrogen-bond acceptors (Lipinski definition) is 4. The Labute approximate surface area is 114 Å². The fraction of sp³-hybridized carbons (Fsp3) is 0.214. The van der Waals surface area contributed by atoms with Gasteiger partial charge in [0.25, 0.3) is 0 Å². The molecule has 0 atom stereocenters. The fourth-order valence-corrected chi connectivity index (χ4v) is 1.79. The molecule has 0 aliphatic heterocycles. The van der Waals surface area contributed by atoms with E-state index in [0.717, 1.165) is 5.56 Å². The summed E-state index contributed by atoms with van der Waals surface area (Å²) in [5, 5.41) is 3.94. The highest BCUT2D eigenvalue weighted by Crippen LogP contribution is 2.14. The lowest BCUT2D eigenvalue weighted by atomic mass is 10.2. The minimum atomic E-state index is -0.818. The number of ether oxygens (including phenoxy) is 1. The molecule has 0 aliphatic rings. The van der Waals surface area contributed by atoms with Gasteiger partial charge in [0.15, 0.2) is 0 Å². The lowest BCUT2D eigenvalue weighted by Crippen LogP contribution is -2.24. The number of methoxy groups -OCH3 is 1. The molecule has 0 radical (unpaired) electrons.